The molecule has 2 nitrogen and oxygen atoms in total. The van der Waals surface area contributed by atoms with Crippen molar-refractivity contribution in [3.63, 3.8) is 0 Å². The summed E-state index contributed by atoms with van der Waals surface area (Å²) in [5.74, 6) is 0.0260. The average Bonchev–Trinajstić information content (AvgIpc) is 1.92. The molecule has 1 fully saturated rings. The first-order valence-corrected chi connectivity index (χ1v) is 5.63. The number of rotatable bonds is 3. The summed E-state index contributed by atoms with van der Waals surface area (Å²) in [6.07, 6.45) is 5.28. The van der Waals surface area contributed by atoms with Crippen LogP contribution in [0.1, 0.15) is 59.8 Å². The minimum Gasteiger partial charge on any atom is -0.460 e. The molecule has 0 heterocycles. The zero-order valence-electron chi connectivity index (χ0n) is 9.85. The van der Waals surface area contributed by atoms with Crippen molar-refractivity contribution in [2.45, 2.75) is 65.4 Å². The van der Waals surface area contributed by atoms with Crippen LogP contribution in [0.5, 0.6) is 0 Å². The molecule has 1 rings (SSSR count). The zero-order valence-corrected chi connectivity index (χ0v) is 9.85. The van der Waals surface area contributed by atoms with Gasteiger partial charge in [-0.3, -0.25) is 4.79 Å². The molecular weight excluding hydrogens is 176 g/mol. The van der Waals surface area contributed by atoms with Crippen molar-refractivity contribution in [1.82, 2.24) is 0 Å². The van der Waals surface area contributed by atoms with Gasteiger partial charge < -0.3 is 4.74 Å². The Morgan fingerprint density at radius 3 is 2.21 bits per heavy atom. The summed E-state index contributed by atoms with van der Waals surface area (Å²) in [5.41, 5.74) is -0.463. The van der Waals surface area contributed by atoms with Gasteiger partial charge in [0.25, 0.3) is 0 Å². The molecule has 0 amide bonds. The first kappa shape index (κ1) is 11.5. The number of ether oxygens (including phenoxy) is 1. The van der Waals surface area contributed by atoms with Crippen molar-refractivity contribution in [2.75, 3.05) is 0 Å². The highest BCUT2D eigenvalue weighted by Gasteiger charge is 2.45. The van der Waals surface area contributed by atoms with E-state index in [0.29, 0.717) is 0 Å². The van der Waals surface area contributed by atoms with Gasteiger partial charge in [0.15, 0.2) is 0 Å². The fourth-order valence-electron chi connectivity index (χ4n) is 2.02. The molecule has 0 aliphatic heterocycles. The fraction of sp³-hybridized carbons (Fsp3) is 0.917. The summed E-state index contributed by atoms with van der Waals surface area (Å²) in [5, 5.41) is 0. The van der Waals surface area contributed by atoms with E-state index < -0.39 is 0 Å². The van der Waals surface area contributed by atoms with Gasteiger partial charge in [-0.1, -0.05) is 19.8 Å². The second-order valence-electron chi connectivity index (χ2n) is 5.39. The first-order chi connectivity index (χ1) is 6.40. The predicted octanol–water partition coefficient (Wildman–Crippen LogP) is 3.30. The predicted molar refractivity (Wildman–Crippen MR) is 57.0 cm³/mol. The lowest BCUT2D eigenvalue weighted by molar-refractivity contribution is -0.174. The zero-order chi connectivity index (χ0) is 10.8. The van der Waals surface area contributed by atoms with E-state index in [9.17, 15) is 4.79 Å². The van der Waals surface area contributed by atoms with E-state index in [0.717, 1.165) is 25.7 Å². The normalized spacial score (nSPS) is 20.0. The quantitative estimate of drug-likeness (QED) is 0.650. The smallest absolute Gasteiger partial charge is 0.312 e. The molecule has 0 radical (unpaired) electrons. The molecule has 14 heavy (non-hydrogen) atoms. The van der Waals surface area contributed by atoms with Crippen molar-refractivity contribution in [1.29, 1.82) is 0 Å². The highest BCUT2D eigenvalue weighted by Crippen LogP contribution is 2.46. The Labute approximate surface area is 87.0 Å². The van der Waals surface area contributed by atoms with Crippen LogP contribution >= 0.6 is 0 Å². The summed E-state index contributed by atoms with van der Waals surface area (Å²) in [7, 11) is 0. The molecular formula is C12H22O2. The van der Waals surface area contributed by atoms with E-state index >= 15 is 0 Å². The Bertz CT molecular complexity index is 209. The van der Waals surface area contributed by atoms with E-state index in [4.69, 9.17) is 4.74 Å². The van der Waals surface area contributed by atoms with Crippen molar-refractivity contribution in [3.8, 4) is 0 Å². The summed E-state index contributed by atoms with van der Waals surface area (Å²) in [6, 6.07) is 0. The molecule has 0 saturated heterocycles. The third kappa shape index (κ3) is 2.49. The molecule has 0 aromatic carbocycles. The lowest BCUT2D eigenvalue weighted by atomic mass is 9.66. The summed E-state index contributed by atoms with van der Waals surface area (Å²) >= 11 is 0. The number of esters is 1. The van der Waals surface area contributed by atoms with E-state index in [1.807, 2.05) is 20.8 Å². The maximum Gasteiger partial charge on any atom is 0.312 e. The molecule has 0 aromatic heterocycles. The summed E-state index contributed by atoms with van der Waals surface area (Å²) in [6.45, 7) is 7.93. The standard InChI is InChI=1S/C12H22O2/c1-5-7-12(8-6-9-12)10(13)14-11(2,3)4/h5-9H2,1-4H3. The van der Waals surface area contributed by atoms with Crippen LogP contribution in [0.2, 0.25) is 0 Å². The average molecular weight is 198 g/mol. The Hall–Kier alpha value is -0.530. The monoisotopic (exact) mass is 198 g/mol. The minimum absolute atomic E-state index is 0.0260. The molecule has 0 atom stereocenters. The van der Waals surface area contributed by atoms with Gasteiger partial charge in [0.1, 0.15) is 5.60 Å². The van der Waals surface area contributed by atoms with Crippen LogP contribution in [0.3, 0.4) is 0 Å². The SMILES string of the molecule is CCCC1(C(=O)OC(C)(C)C)CCC1. The maximum absolute atomic E-state index is 11.9. The van der Waals surface area contributed by atoms with E-state index in [-0.39, 0.29) is 17.0 Å². The molecule has 1 aliphatic rings. The van der Waals surface area contributed by atoms with Crippen molar-refractivity contribution in [2.24, 2.45) is 5.41 Å². The molecule has 0 unspecified atom stereocenters. The van der Waals surface area contributed by atoms with Crippen LogP contribution in [0.15, 0.2) is 0 Å². The van der Waals surface area contributed by atoms with Crippen LogP contribution in [0.25, 0.3) is 0 Å². The van der Waals surface area contributed by atoms with Gasteiger partial charge in [-0.05, 0) is 40.0 Å². The van der Waals surface area contributed by atoms with Gasteiger partial charge in [0.05, 0.1) is 5.41 Å². The molecule has 0 spiro atoms. The molecule has 2 heteroatoms. The van der Waals surface area contributed by atoms with Gasteiger partial charge in [0, 0.05) is 0 Å². The number of hydrogen-bond acceptors (Lipinski definition) is 2. The lowest BCUT2D eigenvalue weighted by Crippen LogP contribution is -2.42. The van der Waals surface area contributed by atoms with Crippen LogP contribution in [0.4, 0.5) is 0 Å². The maximum atomic E-state index is 11.9. The lowest BCUT2D eigenvalue weighted by Gasteiger charge is -2.41. The topological polar surface area (TPSA) is 26.3 Å². The van der Waals surface area contributed by atoms with E-state index in [1.54, 1.807) is 0 Å². The van der Waals surface area contributed by atoms with Crippen LogP contribution in [-0.2, 0) is 9.53 Å². The van der Waals surface area contributed by atoms with Gasteiger partial charge in [0.2, 0.25) is 0 Å². The van der Waals surface area contributed by atoms with E-state index in [1.165, 1.54) is 6.42 Å². The minimum atomic E-state index is -0.340. The Morgan fingerprint density at radius 1 is 1.36 bits per heavy atom. The molecule has 82 valence electrons. The summed E-state index contributed by atoms with van der Waals surface area (Å²) < 4.78 is 5.46. The highest BCUT2D eigenvalue weighted by atomic mass is 16.6. The Kier molecular flexibility index (Phi) is 3.23. The fourth-order valence-corrected chi connectivity index (χ4v) is 2.02. The van der Waals surface area contributed by atoms with Gasteiger partial charge in [-0.15, -0.1) is 0 Å². The Morgan fingerprint density at radius 2 is 1.93 bits per heavy atom. The molecule has 0 bridgehead atoms. The molecule has 1 saturated carbocycles. The van der Waals surface area contributed by atoms with Gasteiger partial charge in [-0.25, -0.2) is 0 Å². The van der Waals surface area contributed by atoms with Crippen molar-refractivity contribution in [3.05, 3.63) is 0 Å². The summed E-state index contributed by atoms with van der Waals surface area (Å²) in [4.78, 5) is 11.9. The number of hydrogen-bond donors (Lipinski definition) is 0. The van der Waals surface area contributed by atoms with E-state index in [2.05, 4.69) is 6.92 Å². The number of carbonyl (C=O) groups excluding carboxylic acids is 1. The van der Waals surface area contributed by atoms with Crippen molar-refractivity contribution >= 4 is 5.97 Å². The van der Waals surface area contributed by atoms with Crippen LogP contribution in [0, 0.1) is 5.41 Å². The third-order valence-corrected chi connectivity index (χ3v) is 2.87. The Balaban J connectivity index is 2.57. The third-order valence-electron chi connectivity index (χ3n) is 2.87. The van der Waals surface area contributed by atoms with Gasteiger partial charge >= 0.3 is 5.97 Å². The molecule has 1 aliphatic carbocycles. The second-order valence-corrected chi connectivity index (χ2v) is 5.39. The first-order valence-electron chi connectivity index (χ1n) is 5.63. The molecule has 0 N–H and O–H groups in total. The largest absolute Gasteiger partial charge is 0.460 e. The number of carbonyl (C=O) groups is 1. The van der Waals surface area contributed by atoms with Crippen LogP contribution in [-0.4, -0.2) is 11.6 Å². The highest BCUT2D eigenvalue weighted by molar-refractivity contribution is 5.78. The molecule has 0 aromatic rings. The van der Waals surface area contributed by atoms with Gasteiger partial charge in [-0.2, -0.15) is 0 Å². The van der Waals surface area contributed by atoms with Crippen molar-refractivity contribution < 1.29 is 9.53 Å². The van der Waals surface area contributed by atoms with Crippen LogP contribution < -0.4 is 0 Å². The second kappa shape index (κ2) is 3.92.